The molecule has 7 heteroatoms. The smallest absolute Gasteiger partial charge is 0.243 e. The first kappa shape index (κ1) is 15.6. The summed E-state index contributed by atoms with van der Waals surface area (Å²) in [6, 6.07) is 2.19. The molecule has 0 spiro atoms. The molecular weight excluding hydrogens is 306 g/mol. The number of aromatic nitrogens is 2. The number of fused-ring (bicyclic) bond motifs is 1. The second-order valence-corrected chi connectivity index (χ2v) is 7.06. The van der Waals surface area contributed by atoms with Crippen LogP contribution in [0.25, 0.3) is 0 Å². The Labute approximate surface area is 141 Å². The molecule has 3 heterocycles. The molecule has 1 aromatic heterocycles. The number of aryl methyl sites for hydroxylation is 1. The Bertz CT molecular complexity index is 682. The number of hydrogen-bond acceptors (Lipinski definition) is 5. The van der Waals surface area contributed by atoms with E-state index in [4.69, 9.17) is 4.74 Å². The molecule has 1 aromatic rings. The highest BCUT2D eigenvalue weighted by molar-refractivity contribution is 5.88. The minimum atomic E-state index is -0.768. The van der Waals surface area contributed by atoms with E-state index in [0.717, 1.165) is 45.0 Å². The van der Waals surface area contributed by atoms with Crippen molar-refractivity contribution in [3.8, 4) is 6.07 Å². The quantitative estimate of drug-likeness (QED) is 0.806. The average Bonchev–Trinajstić information content (AvgIpc) is 3.33. The summed E-state index contributed by atoms with van der Waals surface area (Å²) in [6.07, 6.45) is 4.03. The molecule has 4 rings (SSSR count). The van der Waals surface area contributed by atoms with Gasteiger partial charge in [-0.15, -0.1) is 0 Å². The van der Waals surface area contributed by atoms with Gasteiger partial charge in [-0.3, -0.25) is 9.69 Å². The Morgan fingerprint density at radius 3 is 2.83 bits per heavy atom. The van der Waals surface area contributed by atoms with Crippen LogP contribution >= 0.6 is 0 Å². The van der Waals surface area contributed by atoms with Crippen molar-refractivity contribution >= 4 is 5.91 Å². The van der Waals surface area contributed by atoms with Crippen LogP contribution in [0.4, 0.5) is 0 Å². The third kappa shape index (κ3) is 2.50. The fraction of sp³-hybridized carbons (Fsp3) is 0.706. The number of ether oxygens (including phenoxy) is 1. The first-order valence-corrected chi connectivity index (χ1v) is 8.67. The van der Waals surface area contributed by atoms with E-state index in [1.54, 1.807) is 0 Å². The Kier molecular flexibility index (Phi) is 3.82. The Hall–Kier alpha value is -1.91. The van der Waals surface area contributed by atoms with Crippen molar-refractivity contribution in [3.63, 3.8) is 0 Å². The maximum atomic E-state index is 13.0. The Balaban J connectivity index is 1.62. The summed E-state index contributed by atoms with van der Waals surface area (Å²) < 4.78 is 7.49. The monoisotopic (exact) mass is 329 g/mol. The van der Waals surface area contributed by atoms with Crippen molar-refractivity contribution in [2.24, 2.45) is 12.5 Å². The molecule has 2 fully saturated rings. The molecular formula is C17H23N5O2. The van der Waals surface area contributed by atoms with Crippen molar-refractivity contribution in [1.82, 2.24) is 19.4 Å². The maximum Gasteiger partial charge on any atom is 0.243 e. The van der Waals surface area contributed by atoms with Crippen LogP contribution in [0.5, 0.6) is 0 Å². The molecule has 1 amide bonds. The van der Waals surface area contributed by atoms with Gasteiger partial charge in [-0.2, -0.15) is 5.26 Å². The lowest BCUT2D eigenvalue weighted by Gasteiger charge is -2.40. The van der Waals surface area contributed by atoms with Gasteiger partial charge in [0.2, 0.25) is 5.91 Å². The number of imidazole rings is 1. The van der Waals surface area contributed by atoms with Gasteiger partial charge in [0, 0.05) is 45.3 Å². The van der Waals surface area contributed by atoms with Gasteiger partial charge in [0.25, 0.3) is 0 Å². The van der Waals surface area contributed by atoms with Gasteiger partial charge in [0.15, 0.2) is 0 Å². The predicted molar refractivity (Wildman–Crippen MR) is 85.9 cm³/mol. The van der Waals surface area contributed by atoms with Gasteiger partial charge >= 0.3 is 0 Å². The molecule has 0 bridgehead atoms. The van der Waals surface area contributed by atoms with E-state index in [0.29, 0.717) is 19.4 Å². The second kappa shape index (κ2) is 5.87. The van der Waals surface area contributed by atoms with E-state index in [-0.39, 0.29) is 11.9 Å². The van der Waals surface area contributed by atoms with Crippen molar-refractivity contribution in [2.75, 3.05) is 39.4 Å². The van der Waals surface area contributed by atoms with E-state index >= 15 is 0 Å². The van der Waals surface area contributed by atoms with Crippen molar-refractivity contribution in [2.45, 2.75) is 25.3 Å². The normalized spacial score (nSPS) is 25.8. The molecule has 128 valence electrons. The summed E-state index contributed by atoms with van der Waals surface area (Å²) in [7, 11) is 2.01. The zero-order valence-electron chi connectivity index (χ0n) is 14.1. The summed E-state index contributed by atoms with van der Waals surface area (Å²) in [6.45, 7) is 4.66. The molecule has 1 atom stereocenters. The zero-order valence-corrected chi connectivity index (χ0v) is 14.1. The van der Waals surface area contributed by atoms with E-state index in [1.165, 1.54) is 5.69 Å². The molecule has 0 aromatic carbocycles. The Morgan fingerprint density at radius 1 is 1.42 bits per heavy atom. The fourth-order valence-electron chi connectivity index (χ4n) is 3.82. The third-order valence-corrected chi connectivity index (χ3v) is 5.54. The molecule has 1 saturated carbocycles. The molecule has 1 saturated heterocycles. The van der Waals surface area contributed by atoms with Crippen LogP contribution in [0, 0.1) is 16.7 Å². The van der Waals surface area contributed by atoms with Crippen LogP contribution in [-0.4, -0.2) is 64.7 Å². The number of nitriles is 1. The van der Waals surface area contributed by atoms with Crippen LogP contribution in [0.2, 0.25) is 0 Å². The first-order valence-electron chi connectivity index (χ1n) is 8.67. The summed E-state index contributed by atoms with van der Waals surface area (Å²) >= 11 is 0. The minimum absolute atomic E-state index is 0.000405. The van der Waals surface area contributed by atoms with Crippen molar-refractivity contribution in [3.05, 3.63) is 17.7 Å². The number of carbonyl (C=O) groups is 1. The van der Waals surface area contributed by atoms with Crippen LogP contribution < -0.4 is 0 Å². The number of amides is 1. The van der Waals surface area contributed by atoms with E-state index < -0.39 is 5.41 Å². The molecule has 0 radical (unpaired) electrons. The van der Waals surface area contributed by atoms with E-state index in [1.807, 2.05) is 18.3 Å². The van der Waals surface area contributed by atoms with Crippen molar-refractivity contribution < 1.29 is 9.53 Å². The highest BCUT2D eigenvalue weighted by Gasteiger charge is 2.54. The average molecular weight is 329 g/mol. The largest absolute Gasteiger partial charge is 0.379 e. The lowest BCUT2D eigenvalue weighted by molar-refractivity contribution is -0.138. The number of nitrogens with zero attached hydrogens (tertiary/aromatic N) is 5. The summed E-state index contributed by atoms with van der Waals surface area (Å²) in [5.74, 6) is -0.000405. The number of morpholine rings is 1. The highest BCUT2D eigenvalue weighted by Crippen LogP contribution is 2.48. The highest BCUT2D eigenvalue weighted by atomic mass is 16.5. The second-order valence-electron chi connectivity index (χ2n) is 7.06. The first-order chi connectivity index (χ1) is 11.6. The molecule has 24 heavy (non-hydrogen) atoms. The maximum absolute atomic E-state index is 13.0. The summed E-state index contributed by atoms with van der Waals surface area (Å²) in [4.78, 5) is 21.9. The standard InChI is InChI=1S/C17H23N5O2/c1-20-12-19-15-13(20)2-5-22(16(23)17(11-18)3-4-17)14(15)10-21-6-8-24-9-7-21/h12,14H,2-10H2,1H3/t14-/m0/s1. The van der Waals surface area contributed by atoms with Gasteiger partial charge in [0.05, 0.1) is 37.3 Å². The van der Waals surface area contributed by atoms with Crippen LogP contribution in [0.15, 0.2) is 6.33 Å². The molecule has 0 N–H and O–H groups in total. The van der Waals surface area contributed by atoms with Crippen LogP contribution in [0.3, 0.4) is 0 Å². The van der Waals surface area contributed by atoms with Crippen molar-refractivity contribution in [1.29, 1.82) is 5.26 Å². The molecule has 0 unspecified atom stereocenters. The minimum Gasteiger partial charge on any atom is -0.379 e. The molecule has 3 aliphatic rings. The predicted octanol–water partition coefficient (Wildman–Crippen LogP) is 0.482. The molecule has 1 aliphatic carbocycles. The lowest BCUT2D eigenvalue weighted by atomic mass is 9.98. The lowest BCUT2D eigenvalue weighted by Crippen LogP contribution is -2.49. The van der Waals surface area contributed by atoms with Crippen LogP contribution in [-0.2, 0) is 23.0 Å². The molecule has 2 aliphatic heterocycles. The SMILES string of the molecule is Cn1cnc2c1CCN(C(=O)C1(C#N)CC1)[C@H]2CN1CCOCC1. The topological polar surface area (TPSA) is 74.4 Å². The fourth-order valence-corrected chi connectivity index (χ4v) is 3.82. The number of carbonyl (C=O) groups excluding carboxylic acids is 1. The third-order valence-electron chi connectivity index (χ3n) is 5.54. The summed E-state index contributed by atoms with van der Waals surface area (Å²) in [5.41, 5.74) is 1.44. The number of rotatable bonds is 3. The van der Waals surface area contributed by atoms with Crippen LogP contribution in [0.1, 0.15) is 30.3 Å². The van der Waals surface area contributed by atoms with Gasteiger partial charge in [0.1, 0.15) is 5.41 Å². The summed E-state index contributed by atoms with van der Waals surface area (Å²) in [5, 5.41) is 9.42. The van der Waals surface area contributed by atoms with Gasteiger partial charge < -0.3 is 14.2 Å². The van der Waals surface area contributed by atoms with E-state index in [2.05, 4.69) is 20.5 Å². The Morgan fingerprint density at radius 2 is 2.17 bits per heavy atom. The zero-order chi connectivity index (χ0) is 16.7. The molecule has 7 nitrogen and oxygen atoms in total. The van der Waals surface area contributed by atoms with Gasteiger partial charge in [-0.1, -0.05) is 0 Å². The van der Waals surface area contributed by atoms with Gasteiger partial charge in [-0.25, -0.2) is 4.98 Å². The van der Waals surface area contributed by atoms with Gasteiger partial charge in [-0.05, 0) is 12.8 Å². The van der Waals surface area contributed by atoms with E-state index in [9.17, 15) is 10.1 Å². The number of hydrogen-bond donors (Lipinski definition) is 0.